The summed E-state index contributed by atoms with van der Waals surface area (Å²) in [6.07, 6.45) is 42.1. The second-order valence-electron chi connectivity index (χ2n) is 16.8. The molecule has 2 atom stereocenters. The van der Waals surface area contributed by atoms with E-state index in [-0.39, 0.29) is 26.1 Å². The van der Waals surface area contributed by atoms with Crippen LogP contribution in [0.3, 0.4) is 0 Å². The van der Waals surface area contributed by atoms with Crippen LogP contribution < -0.4 is 4.89 Å². The van der Waals surface area contributed by atoms with Crippen molar-refractivity contribution in [2.75, 3.05) is 47.5 Å². The van der Waals surface area contributed by atoms with Gasteiger partial charge in [-0.25, -0.2) is 0 Å². The summed E-state index contributed by atoms with van der Waals surface area (Å²) in [5, 5.41) is 0. The van der Waals surface area contributed by atoms with Crippen LogP contribution in [0.2, 0.25) is 0 Å². The van der Waals surface area contributed by atoms with Crippen LogP contribution >= 0.6 is 7.82 Å². The molecule has 0 radical (unpaired) electrons. The number of allylic oxidation sites excluding steroid dienone is 4. The number of carbonyl (C=O) groups is 2. The van der Waals surface area contributed by atoms with Crippen molar-refractivity contribution in [3.05, 3.63) is 24.3 Å². The van der Waals surface area contributed by atoms with E-state index < -0.39 is 32.5 Å². The number of likely N-dealkylation sites (N-methyl/N-ethyl adjacent to an activating group) is 1. The van der Waals surface area contributed by atoms with Crippen LogP contribution in [0.25, 0.3) is 0 Å². The highest BCUT2D eigenvalue weighted by Crippen LogP contribution is 2.38. The number of phosphoric ester groups is 1. The maximum atomic E-state index is 12.6. The number of ether oxygens (including phenoxy) is 2. The molecule has 0 N–H and O–H groups in total. The third-order valence-corrected chi connectivity index (χ3v) is 10.9. The smallest absolute Gasteiger partial charge is 0.306 e. The molecule has 10 heteroatoms. The largest absolute Gasteiger partial charge is 0.756 e. The zero-order chi connectivity index (χ0) is 41.4. The molecule has 0 aromatic heterocycles. The van der Waals surface area contributed by atoms with E-state index in [2.05, 4.69) is 32.1 Å². The van der Waals surface area contributed by atoms with Crippen LogP contribution in [-0.4, -0.2) is 70.0 Å². The number of phosphoric acid groups is 1. The molecule has 1 unspecified atom stereocenters. The van der Waals surface area contributed by atoms with Crippen molar-refractivity contribution in [2.24, 2.45) is 0 Å². The topological polar surface area (TPSA) is 111 Å². The Kier molecular flexibility index (Phi) is 37.9. The van der Waals surface area contributed by atoms with Gasteiger partial charge >= 0.3 is 11.9 Å². The lowest BCUT2D eigenvalue weighted by molar-refractivity contribution is -0.870. The molecule has 0 spiro atoms. The summed E-state index contributed by atoms with van der Waals surface area (Å²) in [5.41, 5.74) is 0. The molecule has 0 aliphatic rings. The zero-order valence-corrected chi connectivity index (χ0v) is 38.0. The molecular weight excluding hydrogens is 725 g/mol. The highest BCUT2D eigenvalue weighted by Gasteiger charge is 2.21. The zero-order valence-electron chi connectivity index (χ0n) is 37.1. The first-order valence-electron chi connectivity index (χ1n) is 23.0. The lowest BCUT2D eigenvalue weighted by Crippen LogP contribution is -2.37. The molecular formula is C46H88NO8P. The molecule has 0 heterocycles. The van der Waals surface area contributed by atoms with Crippen molar-refractivity contribution >= 4 is 19.8 Å². The number of quaternary nitrogens is 1. The Labute approximate surface area is 345 Å². The second kappa shape index (κ2) is 39.0. The molecule has 0 aliphatic carbocycles. The van der Waals surface area contributed by atoms with Gasteiger partial charge in [0.15, 0.2) is 6.10 Å². The Balaban J connectivity index is 4.36. The van der Waals surface area contributed by atoms with Crippen LogP contribution in [0.1, 0.15) is 206 Å². The Morgan fingerprint density at radius 1 is 0.536 bits per heavy atom. The summed E-state index contributed by atoms with van der Waals surface area (Å²) in [5.74, 6) is -0.890. The summed E-state index contributed by atoms with van der Waals surface area (Å²) >= 11 is 0. The fraction of sp³-hybridized carbons (Fsp3) is 0.870. The van der Waals surface area contributed by atoms with Crippen molar-refractivity contribution in [2.45, 2.75) is 213 Å². The van der Waals surface area contributed by atoms with Crippen LogP contribution in [0.15, 0.2) is 24.3 Å². The molecule has 9 nitrogen and oxygen atoms in total. The third kappa shape index (κ3) is 42.1. The standard InChI is InChI=1S/C46H88NO8P/c1-6-8-10-12-14-16-18-20-22-23-25-26-28-30-32-34-36-38-45(48)52-42-44(43-54-56(50,51)53-41-40-47(3,4)5)55-46(49)39-37-35-33-31-29-27-24-21-19-17-15-13-11-9-7-2/h20,22,33,35,44H,6-19,21,23-32,34,36-43H2,1-5H3/b22-20+,35-33+/t44-/m1/s1. The van der Waals surface area contributed by atoms with E-state index >= 15 is 0 Å². The van der Waals surface area contributed by atoms with Gasteiger partial charge < -0.3 is 27.9 Å². The van der Waals surface area contributed by atoms with Crippen molar-refractivity contribution in [3.8, 4) is 0 Å². The van der Waals surface area contributed by atoms with E-state index in [1.807, 2.05) is 27.2 Å². The normalized spacial score (nSPS) is 13.8. The van der Waals surface area contributed by atoms with Gasteiger partial charge in [-0.2, -0.15) is 0 Å². The van der Waals surface area contributed by atoms with E-state index in [0.717, 1.165) is 44.9 Å². The molecule has 56 heavy (non-hydrogen) atoms. The number of unbranched alkanes of at least 4 members (excludes halogenated alkanes) is 24. The van der Waals surface area contributed by atoms with Gasteiger partial charge in [-0.15, -0.1) is 0 Å². The molecule has 0 aromatic carbocycles. The maximum absolute atomic E-state index is 12.6. The minimum Gasteiger partial charge on any atom is -0.756 e. The summed E-state index contributed by atoms with van der Waals surface area (Å²) in [7, 11) is 1.15. The van der Waals surface area contributed by atoms with Crippen molar-refractivity contribution < 1.29 is 42.1 Å². The number of nitrogens with zero attached hydrogens (tertiary/aromatic N) is 1. The Hall–Kier alpha value is -1.51. The molecule has 330 valence electrons. The van der Waals surface area contributed by atoms with Gasteiger partial charge in [-0.1, -0.05) is 167 Å². The SMILES string of the molecule is CCCCCCCC/C=C/CCCCCCCCCC(=O)OC[C@H](COP(=O)([O-])OCC[N+](C)(C)C)OC(=O)CC/C=C/CCCCCCCCCCCCC. The Morgan fingerprint density at radius 3 is 1.39 bits per heavy atom. The predicted molar refractivity (Wildman–Crippen MR) is 231 cm³/mol. The van der Waals surface area contributed by atoms with E-state index in [9.17, 15) is 19.0 Å². The van der Waals surface area contributed by atoms with Gasteiger partial charge in [-0.3, -0.25) is 14.2 Å². The van der Waals surface area contributed by atoms with Gasteiger partial charge in [0, 0.05) is 12.8 Å². The second-order valence-corrected chi connectivity index (χ2v) is 18.2. The van der Waals surface area contributed by atoms with Gasteiger partial charge in [0.05, 0.1) is 27.7 Å². The number of carbonyl (C=O) groups excluding carboxylic acids is 2. The van der Waals surface area contributed by atoms with Crippen LogP contribution in [0.5, 0.6) is 0 Å². The van der Waals surface area contributed by atoms with E-state index in [4.69, 9.17) is 18.5 Å². The summed E-state index contributed by atoms with van der Waals surface area (Å²) < 4.78 is 33.9. The summed E-state index contributed by atoms with van der Waals surface area (Å²) in [6, 6.07) is 0. The van der Waals surface area contributed by atoms with Gasteiger partial charge in [0.2, 0.25) is 0 Å². The third-order valence-electron chi connectivity index (χ3n) is 9.96. The molecule has 0 saturated carbocycles. The first-order chi connectivity index (χ1) is 27.0. The molecule has 0 fully saturated rings. The summed E-state index contributed by atoms with van der Waals surface area (Å²) in [6.45, 7) is 4.19. The Bertz CT molecular complexity index is 1010. The monoisotopic (exact) mass is 814 g/mol. The quantitative estimate of drug-likeness (QED) is 0.0197. The Morgan fingerprint density at radius 2 is 0.946 bits per heavy atom. The molecule has 0 bridgehead atoms. The lowest BCUT2D eigenvalue weighted by atomic mass is 10.1. The highest BCUT2D eigenvalue weighted by molar-refractivity contribution is 7.45. The average molecular weight is 814 g/mol. The molecule has 0 aromatic rings. The van der Waals surface area contributed by atoms with Crippen molar-refractivity contribution in [1.29, 1.82) is 0 Å². The minimum absolute atomic E-state index is 0.0358. The first-order valence-corrected chi connectivity index (χ1v) is 24.5. The average Bonchev–Trinajstić information content (AvgIpc) is 3.15. The highest BCUT2D eigenvalue weighted by atomic mass is 31.2. The van der Waals surface area contributed by atoms with E-state index in [1.54, 1.807) is 0 Å². The predicted octanol–water partition coefficient (Wildman–Crippen LogP) is 12.5. The van der Waals surface area contributed by atoms with Gasteiger partial charge in [0.25, 0.3) is 7.82 Å². The van der Waals surface area contributed by atoms with Crippen LogP contribution in [0, 0.1) is 0 Å². The van der Waals surface area contributed by atoms with Gasteiger partial charge in [0.1, 0.15) is 19.8 Å². The van der Waals surface area contributed by atoms with Crippen LogP contribution in [-0.2, 0) is 32.7 Å². The van der Waals surface area contributed by atoms with E-state index in [1.165, 1.54) is 128 Å². The fourth-order valence-electron chi connectivity index (χ4n) is 6.31. The fourth-order valence-corrected chi connectivity index (χ4v) is 7.04. The number of hydrogen-bond acceptors (Lipinski definition) is 8. The van der Waals surface area contributed by atoms with Crippen molar-refractivity contribution in [1.82, 2.24) is 0 Å². The first kappa shape index (κ1) is 54.5. The molecule has 0 amide bonds. The van der Waals surface area contributed by atoms with Crippen molar-refractivity contribution in [3.63, 3.8) is 0 Å². The lowest BCUT2D eigenvalue weighted by Gasteiger charge is -2.28. The molecule has 0 rings (SSSR count). The summed E-state index contributed by atoms with van der Waals surface area (Å²) in [4.78, 5) is 37.5. The van der Waals surface area contributed by atoms with E-state index in [0.29, 0.717) is 17.4 Å². The maximum Gasteiger partial charge on any atom is 0.306 e. The number of rotatable bonds is 42. The molecule has 0 saturated heterocycles. The number of hydrogen-bond donors (Lipinski definition) is 0. The molecule has 0 aliphatic heterocycles. The van der Waals surface area contributed by atoms with Gasteiger partial charge in [-0.05, 0) is 51.4 Å². The van der Waals surface area contributed by atoms with Crippen LogP contribution in [0.4, 0.5) is 0 Å². The number of esters is 2. The minimum atomic E-state index is -4.63.